The molecule has 162 valence electrons. The molecule has 0 spiro atoms. The van der Waals surface area contributed by atoms with Gasteiger partial charge in [0.15, 0.2) is 17.3 Å². The summed E-state index contributed by atoms with van der Waals surface area (Å²) in [6.07, 6.45) is 1.56. The van der Waals surface area contributed by atoms with Crippen molar-refractivity contribution >= 4 is 23.3 Å². The summed E-state index contributed by atoms with van der Waals surface area (Å²) >= 11 is 0. The zero-order valence-corrected chi connectivity index (χ0v) is 17.3. The number of nitrogens with one attached hydrogen (secondary N) is 1. The lowest BCUT2D eigenvalue weighted by Gasteiger charge is -2.31. The van der Waals surface area contributed by atoms with Crippen LogP contribution < -0.4 is 14.8 Å². The van der Waals surface area contributed by atoms with E-state index in [-0.39, 0.29) is 36.4 Å². The highest BCUT2D eigenvalue weighted by molar-refractivity contribution is 5.98. The van der Waals surface area contributed by atoms with E-state index in [4.69, 9.17) is 9.47 Å². The number of Topliss-reactive ketones (excluding diaryl/α,β-unsaturated/α-hetero) is 1. The molecule has 0 atom stereocenters. The third kappa shape index (κ3) is 5.23. The second kappa shape index (κ2) is 9.64. The van der Waals surface area contributed by atoms with Crippen molar-refractivity contribution in [3.05, 3.63) is 54.1 Å². The van der Waals surface area contributed by atoms with Gasteiger partial charge in [-0.3, -0.25) is 14.4 Å². The van der Waals surface area contributed by atoms with E-state index in [1.165, 1.54) is 0 Å². The number of rotatable bonds is 6. The molecular weight excluding hydrogens is 396 g/mol. The van der Waals surface area contributed by atoms with E-state index in [2.05, 4.69) is 5.32 Å². The Labute approximate surface area is 181 Å². The summed E-state index contributed by atoms with van der Waals surface area (Å²) in [7, 11) is 0. The van der Waals surface area contributed by atoms with E-state index >= 15 is 0 Å². The molecule has 2 aliphatic rings. The number of nitrogens with zero attached hydrogens (tertiary/aromatic N) is 1. The summed E-state index contributed by atoms with van der Waals surface area (Å²) in [5.74, 6) is 0.947. The van der Waals surface area contributed by atoms with Crippen LogP contribution in [-0.2, 0) is 9.59 Å². The van der Waals surface area contributed by atoms with Crippen LogP contribution in [-0.4, -0.2) is 48.8 Å². The van der Waals surface area contributed by atoms with Gasteiger partial charge in [0.25, 0.3) is 0 Å². The minimum absolute atomic E-state index is 0.00733. The highest BCUT2D eigenvalue weighted by Crippen LogP contribution is 2.31. The molecule has 1 saturated heterocycles. The van der Waals surface area contributed by atoms with Crippen LogP contribution in [0.25, 0.3) is 0 Å². The zero-order valence-electron chi connectivity index (χ0n) is 17.3. The van der Waals surface area contributed by atoms with Crippen molar-refractivity contribution in [3.63, 3.8) is 0 Å². The maximum absolute atomic E-state index is 12.6. The number of likely N-dealkylation sites (tertiary alicyclic amines) is 1. The Morgan fingerprint density at radius 3 is 2.35 bits per heavy atom. The number of hydrogen-bond donors (Lipinski definition) is 1. The average molecular weight is 422 g/mol. The number of anilines is 1. The predicted molar refractivity (Wildman–Crippen MR) is 115 cm³/mol. The number of para-hydroxylation sites is 1. The molecule has 1 fully saturated rings. The lowest BCUT2D eigenvalue weighted by molar-refractivity contribution is -0.134. The number of hydrogen-bond acceptors (Lipinski definition) is 5. The Morgan fingerprint density at radius 1 is 0.903 bits per heavy atom. The maximum Gasteiger partial charge on any atom is 0.227 e. The summed E-state index contributed by atoms with van der Waals surface area (Å²) in [6, 6.07) is 14.5. The van der Waals surface area contributed by atoms with Crippen molar-refractivity contribution in [2.45, 2.75) is 25.7 Å². The normalized spacial score (nSPS) is 15.9. The fraction of sp³-hybridized carbons (Fsp3) is 0.375. The average Bonchev–Trinajstić information content (AvgIpc) is 2.82. The van der Waals surface area contributed by atoms with Crippen molar-refractivity contribution in [2.24, 2.45) is 5.92 Å². The fourth-order valence-electron chi connectivity index (χ4n) is 3.90. The highest BCUT2D eigenvalue weighted by Gasteiger charge is 2.27. The number of fused-ring (bicyclic) bond motifs is 1. The molecule has 31 heavy (non-hydrogen) atoms. The van der Waals surface area contributed by atoms with Gasteiger partial charge < -0.3 is 19.7 Å². The lowest BCUT2D eigenvalue weighted by Crippen LogP contribution is -2.41. The molecular formula is C24H26N2O5. The molecule has 0 saturated carbocycles. The summed E-state index contributed by atoms with van der Waals surface area (Å²) in [5.41, 5.74) is 1.30. The molecule has 4 rings (SSSR count). The molecule has 2 aliphatic heterocycles. The molecule has 2 heterocycles. The van der Waals surface area contributed by atoms with Crippen LogP contribution >= 0.6 is 0 Å². The van der Waals surface area contributed by atoms with Gasteiger partial charge in [-0.2, -0.15) is 0 Å². The van der Waals surface area contributed by atoms with Gasteiger partial charge in [-0.15, -0.1) is 0 Å². The fourth-order valence-corrected chi connectivity index (χ4v) is 3.90. The van der Waals surface area contributed by atoms with E-state index in [0.717, 1.165) is 5.69 Å². The Bertz CT molecular complexity index is 952. The topological polar surface area (TPSA) is 84.9 Å². The van der Waals surface area contributed by atoms with Crippen molar-refractivity contribution in [3.8, 4) is 11.5 Å². The van der Waals surface area contributed by atoms with Gasteiger partial charge in [0.1, 0.15) is 13.2 Å². The van der Waals surface area contributed by atoms with E-state index < -0.39 is 0 Å². The third-order valence-corrected chi connectivity index (χ3v) is 5.69. The van der Waals surface area contributed by atoms with Crippen LogP contribution in [0.2, 0.25) is 0 Å². The van der Waals surface area contributed by atoms with E-state index in [0.29, 0.717) is 56.2 Å². The largest absolute Gasteiger partial charge is 0.486 e. The second-order valence-electron chi connectivity index (χ2n) is 7.79. The monoisotopic (exact) mass is 422 g/mol. The van der Waals surface area contributed by atoms with Gasteiger partial charge in [0, 0.05) is 43.1 Å². The first-order valence-electron chi connectivity index (χ1n) is 10.7. The smallest absolute Gasteiger partial charge is 0.227 e. The Hall–Kier alpha value is -3.35. The first-order valence-corrected chi connectivity index (χ1v) is 10.7. The number of carbonyl (C=O) groups excluding carboxylic acids is 3. The van der Waals surface area contributed by atoms with Crippen LogP contribution in [0.5, 0.6) is 11.5 Å². The van der Waals surface area contributed by atoms with Gasteiger partial charge in [-0.1, -0.05) is 18.2 Å². The molecule has 7 heteroatoms. The molecule has 0 unspecified atom stereocenters. The quantitative estimate of drug-likeness (QED) is 0.722. The SMILES string of the molecule is O=C(CCC(=O)N1CCC(C(=O)Nc2ccccc2)CC1)c1ccc2c(c1)OCCO2. The van der Waals surface area contributed by atoms with Gasteiger partial charge in [0.05, 0.1) is 0 Å². The van der Waals surface area contributed by atoms with Crippen molar-refractivity contribution in [1.29, 1.82) is 0 Å². The van der Waals surface area contributed by atoms with E-state index in [1.807, 2.05) is 30.3 Å². The van der Waals surface area contributed by atoms with E-state index in [1.54, 1.807) is 23.1 Å². The molecule has 0 bridgehead atoms. The Morgan fingerprint density at radius 2 is 1.61 bits per heavy atom. The van der Waals surface area contributed by atoms with Crippen LogP contribution in [0.4, 0.5) is 5.69 Å². The molecule has 2 aromatic carbocycles. The molecule has 7 nitrogen and oxygen atoms in total. The molecule has 2 amide bonds. The molecule has 0 radical (unpaired) electrons. The number of carbonyl (C=O) groups is 3. The number of ketones is 1. The summed E-state index contributed by atoms with van der Waals surface area (Å²) in [6.45, 7) is 2.02. The summed E-state index contributed by atoms with van der Waals surface area (Å²) in [4.78, 5) is 39.3. The minimum Gasteiger partial charge on any atom is -0.486 e. The van der Waals surface area contributed by atoms with Crippen LogP contribution in [0.1, 0.15) is 36.0 Å². The predicted octanol–water partition coefficient (Wildman–Crippen LogP) is 3.30. The summed E-state index contributed by atoms with van der Waals surface area (Å²) < 4.78 is 11.0. The molecule has 0 aliphatic carbocycles. The van der Waals surface area contributed by atoms with Crippen LogP contribution in [0, 0.1) is 5.92 Å². The number of amides is 2. The maximum atomic E-state index is 12.6. The first-order chi connectivity index (χ1) is 15.1. The Kier molecular flexibility index (Phi) is 6.50. The van der Waals surface area contributed by atoms with Gasteiger partial charge >= 0.3 is 0 Å². The van der Waals surface area contributed by atoms with Crippen molar-refractivity contribution in [2.75, 3.05) is 31.6 Å². The standard InChI is InChI=1S/C24H26N2O5/c27-20(18-6-8-21-22(16-18)31-15-14-30-21)7-9-23(28)26-12-10-17(11-13-26)24(29)25-19-4-2-1-3-5-19/h1-6,8,16-17H,7,9-15H2,(H,25,29). The molecule has 0 aromatic heterocycles. The summed E-state index contributed by atoms with van der Waals surface area (Å²) in [5, 5.41) is 2.93. The number of piperidine rings is 1. The second-order valence-corrected chi connectivity index (χ2v) is 7.79. The molecule has 1 N–H and O–H groups in total. The zero-order chi connectivity index (χ0) is 21.6. The van der Waals surface area contributed by atoms with Gasteiger partial charge in [0.2, 0.25) is 11.8 Å². The highest BCUT2D eigenvalue weighted by atomic mass is 16.6. The van der Waals surface area contributed by atoms with Crippen molar-refractivity contribution < 1.29 is 23.9 Å². The van der Waals surface area contributed by atoms with E-state index in [9.17, 15) is 14.4 Å². The lowest BCUT2D eigenvalue weighted by atomic mass is 9.95. The third-order valence-electron chi connectivity index (χ3n) is 5.69. The van der Waals surface area contributed by atoms with Crippen LogP contribution in [0.3, 0.4) is 0 Å². The minimum atomic E-state index is -0.108. The van der Waals surface area contributed by atoms with Crippen LogP contribution in [0.15, 0.2) is 48.5 Å². The number of benzene rings is 2. The van der Waals surface area contributed by atoms with Gasteiger partial charge in [-0.25, -0.2) is 0 Å². The number of ether oxygens (including phenoxy) is 2. The molecule has 2 aromatic rings. The first kappa shape index (κ1) is 20.9. The van der Waals surface area contributed by atoms with Gasteiger partial charge in [-0.05, 0) is 43.2 Å². The van der Waals surface area contributed by atoms with Crippen molar-refractivity contribution in [1.82, 2.24) is 4.90 Å². The Balaban J connectivity index is 1.23.